The predicted molar refractivity (Wildman–Crippen MR) is 118 cm³/mol. The van der Waals surface area contributed by atoms with Crippen LogP contribution < -0.4 is 5.32 Å². The maximum atomic E-state index is 12.5. The molecule has 1 aliphatic rings. The van der Waals surface area contributed by atoms with Crippen molar-refractivity contribution in [1.82, 2.24) is 10.2 Å². The fourth-order valence-corrected chi connectivity index (χ4v) is 4.08. The van der Waals surface area contributed by atoms with E-state index in [4.69, 9.17) is 11.6 Å². The number of hydrogen-bond donors (Lipinski definition) is 2. The van der Waals surface area contributed by atoms with Crippen LogP contribution in [0, 0.1) is 0 Å². The molecule has 30 heavy (non-hydrogen) atoms. The quantitative estimate of drug-likeness (QED) is 0.608. The first-order valence-electron chi connectivity index (χ1n) is 9.41. The van der Waals surface area contributed by atoms with E-state index >= 15 is 0 Å². The molecule has 1 aliphatic heterocycles. The zero-order chi connectivity index (χ0) is 21.5. The summed E-state index contributed by atoms with van der Waals surface area (Å²) >= 11 is 6.79. The van der Waals surface area contributed by atoms with Crippen molar-refractivity contribution in [2.24, 2.45) is 0 Å². The van der Waals surface area contributed by atoms with Crippen molar-refractivity contribution in [1.29, 1.82) is 0 Å². The van der Waals surface area contributed by atoms with Crippen molar-refractivity contribution in [3.8, 4) is 0 Å². The fourth-order valence-electron chi connectivity index (χ4n) is 3.01. The average Bonchev–Trinajstić information content (AvgIpc) is 2.99. The monoisotopic (exact) mass is 444 g/mol. The lowest BCUT2D eigenvalue weighted by Crippen LogP contribution is -2.41. The molecular formula is C22H21ClN2O4S. The molecule has 2 aromatic carbocycles. The molecule has 156 valence electrons. The summed E-state index contributed by atoms with van der Waals surface area (Å²) in [6, 6.07) is 16.1. The van der Waals surface area contributed by atoms with Gasteiger partial charge >= 0.3 is 0 Å². The Bertz CT molecular complexity index is 965. The molecule has 2 aromatic rings. The molecule has 0 bridgehead atoms. The van der Waals surface area contributed by atoms with Gasteiger partial charge in [-0.1, -0.05) is 54.1 Å². The van der Waals surface area contributed by atoms with Gasteiger partial charge in [-0.15, -0.1) is 0 Å². The van der Waals surface area contributed by atoms with Crippen LogP contribution in [-0.4, -0.2) is 46.3 Å². The van der Waals surface area contributed by atoms with Crippen LogP contribution in [0.2, 0.25) is 5.02 Å². The van der Waals surface area contributed by atoms with Crippen LogP contribution in [-0.2, 0) is 16.0 Å². The minimum atomic E-state index is -0.433. The molecule has 3 amide bonds. The highest BCUT2D eigenvalue weighted by Crippen LogP contribution is 2.32. The molecule has 3 rings (SSSR count). The van der Waals surface area contributed by atoms with E-state index in [-0.39, 0.29) is 25.5 Å². The number of thioether (sulfide) groups is 1. The summed E-state index contributed by atoms with van der Waals surface area (Å²) in [5.41, 5.74) is 1.71. The van der Waals surface area contributed by atoms with E-state index in [0.717, 1.165) is 27.8 Å². The molecule has 8 heteroatoms. The normalized spacial score (nSPS) is 16.2. The highest BCUT2D eigenvalue weighted by atomic mass is 35.5. The van der Waals surface area contributed by atoms with Crippen molar-refractivity contribution in [2.45, 2.75) is 18.9 Å². The van der Waals surface area contributed by atoms with E-state index in [1.807, 2.05) is 30.3 Å². The van der Waals surface area contributed by atoms with Gasteiger partial charge in [-0.05, 0) is 47.5 Å². The number of halogens is 1. The first-order valence-corrected chi connectivity index (χ1v) is 10.6. The maximum Gasteiger partial charge on any atom is 0.293 e. The van der Waals surface area contributed by atoms with Gasteiger partial charge in [0, 0.05) is 18.0 Å². The highest BCUT2D eigenvalue weighted by Gasteiger charge is 2.35. The molecular weight excluding hydrogens is 424 g/mol. The third-order valence-electron chi connectivity index (χ3n) is 4.49. The summed E-state index contributed by atoms with van der Waals surface area (Å²) in [7, 11) is 0. The van der Waals surface area contributed by atoms with E-state index in [9.17, 15) is 19.5 Å². The van der Waals surface area contributed by atoms with Crippen LogP contribution in [0.1, 0.15) is 17.5 Å². The van der Waals surface area contributed by atoms with Crippen molar-refractivity contribution in [3.05, 3.63) is 75.7 Å². The Morgan fingerprint density at radius 3 is 2.63 bits per heavy atom. The molecule has 1 atom stereocenters. The van der Waals surface area contributed by atoms with Gasteiger partial charge in [0.15, 0.2) is 0 Å². The number of hydrogen-bond acceptors (Lipinski definition) is 5. The Labute approximate surface area is 183 Å². The Balaban J connectivity index is 1.55. The summed E-state index contributed by atoms with van der Waals surface area (Å²) < 4.78 is 0. The lowest BCUT2D eigenvalue weighted by Gasteiger charge is -2.18. The topological polar surface area (TPSA) is 86.7 Å². The molecule has 0 aliphatic carbocycles. The van der Waals surface area contributed by atoms with Crippen molar-refractivity contribution in [2.75, 3.05) is 13.2 Å². The Hall–Kier alpha value is -2.61. The minimum absolute atomic E-state index is 0.0210. The molecule has 2 N–H and O–H groups in total. The molecule has 1 heterocycles. The second kappa shape index (κ2) is 10.4. The summed E-state index contributed by atoms with van der Waals surface area (Å²) in [6.07, 6.45) is 2.07. The largest absolute Gasteiger partial charge is 0.394 e. The van der Waals surface area contributed by atoms with Gasteiger partial charge < -0.3 is 10.4 Å². The van der Waals surface area contributed by atoms with E-state index in [2.05, 4.69) is 5.32 Å². The van der Waals surface area contributed by atoms with Crippen LogP contribution in [0.5, 0.6) is 0 Å². The summed E-state index contributed by atoms with van der Waals surface area (Å²) in [6.45, 7) is -0.225. The number of benzene rings is 2. The molecule has 0 aromatic heterocycles. The molecule has 0 unspecified atom stereocenters. The number of aliphatic hydroxyl groups excluding tert-OH is 1. The van der Waals surface area contributed by atoms with Gasteiger partial charge in [0.1, 0.15) is 0 Å². The van der Waals surface area contributed by atoms with Gasteiger partial charge in [-0.3, -0.25) is 19.3 Å². The second-order valence-electron chi connectivity index (χ2n) is 6.78. The number of imide groups is 1. The second-order valence-corrected chi connectivity index (χ2v) is 8.20. The Morgan fingerprint density at radius 1 is 1.17 bits per heavy atom. The fraction of sp³-hybridized carbons (Fsp3) is 0.227. The number of amides is 3. The number of carbonyl (C=O) groups excluding carboxylic acids is 3. The smallest absolute Gasteiger partial charge is 0.293 e. The summed E-state index contributed by atoms with van der Waals surface area (Å²) in [5.74, 6) is -0.761. The van der Waals surface area contributed by atoms with Crippen LogP contribution in [0.4, 0.5) is 4.79 Å². The van der Waals surface area contributed by atoms with Crippen LogP contribution in [0.25, 0.3) is 6.08 Å². The van der Waals surface area contributed by atoms with Gasteiger partial charge in [-0.25, -0.2) is 0 Å². The third-order valence-corrected chi connectivity index (χ3v) is 5.64. The third kappa shape index (κ3) is 5.95. The van der Waals surface area contributed by atoms with Crippen LogP contribution in [0.3, 0.4) is 0 Å². The Kier molecular flexibility index (Phi) is 7.68. The molecule has 1 saturated heterocycles. The van der Waals surface area contributed by atoms with Gasteiger partial charge in [0.05, 0.1) is 17.6 Å². The standard InChI is InChI=1S/C22H21ClN2O4S/c23-17-8-4-7-16(11-17)13-19-21(28)25(22(29)30-19)10-9-20(27)24-18(14-26)12-15-5-2-1-3-6-15/h1-8,11,13,18,26H,9-10,12,14H2,(H,24,27)/t18-/m1/s1. The molecule has 1 fully saturated rings. The molecule has 0 saturated carbocycles. The van der Waals surface area contributed by atoms with Gasteiger partial charge in [0.25, 0.3) is 11.1 Å². The Morgan fingerprint density at radius 2 is 1.93 bits per heavy atom. The first-order chi connectivity index (χ1) is 14.5. The lowest BCUT2D eigenvalue weighted by molar-refractivity contribution is -0.124. The van der Waals surface area contributed by atoms with E-state index in [1.54, 1.807) is 30.3 Å². The van der Waals surface area contributed by atoms with E-state index in [0.29, 0.717) is 16.3 Å². The summed E-state index contributed by atoms with van der Waals surface area (Å²) in [4.78, 5) is 38.4. The zero-order valence-electron chi connectivity index (χ0n) is 16.1. The number of nitrogens with zero attached hydrogens (tertiary/aromatic N) is 1. The number of nitrogens with one attached hydrogen (secondary N) is 1. The van der Waals surface area contributed by atoms with E-state index < -0.39 is 17.2 Å². The van der Waals surface area contributed by atoms with E-state index in [1.165, 1.54) is 0 Å². The maximum absolute atomic E-state index is 12.5. The summed E-state index contributed by atoms with van der Waals surface area (Å²) in [5, 5.41) is 12.4. The molecule has 0 spiro atoms. The van der Waals surface area contributed by atoms with Gasteiger partial charge in [0.2, 0.25) is 5.91 Å². The molecule has 6 nitrogen and oxygen atoms in total. The lowest BCUT2D eigenvalue weighted by atomic mass is 10.1. The SMILES string of the molecule is O=C(CCN1C(=O)SC(=Cc2cccc(Cl)c2)C1=O)N[C@@H](CO)Cc1ccccc1. The predicted octanol–water partition coefficient (Wildman–Crippen LogP) is 3.49. The van der Waals surface area contributed by atoms with Crippen LogP contribution in [0.15, 0.2) is 59.5 Å². The minimum Gasteiger partial charge on any atom is -0.394 e. The van der Waals surface area contributed by atoms with Crippen molar-refractivity contribution in [3.63, 3.8) is 0 Å². The average molecular weight is 445 g/mol. The first kappa shape index (κ1) is 22.1. The van der Waals surface area contributed by atoms with Crippen LogP contribution >= 0.6 is 23.4 Å². The zero-order valence-corrected chi connectivity index (χ0v) is 17.7. The highest BCUT2D eigenvalue weighted by molar-refractivity contribution is 8.18. The van der Waals surface area contributed by atoms with Crippen molar-refractivity contribution < 1.29 is 19.5 Å². The number of carbonyl (C=O) groups is 3. The number of rotatable bonds is 8. The van der Waals surface area contributed by atoms with Gasteiger partial charge in [-0.2, -0.15) is 0 Å². The number of aliphatic hydroxyl groups is 1. The molecule has 0 radical (unpaired) electrons. The van der Waals surface area contributed by atoms with Crippen molar-refractivity contribution >= 4 is 46.5 Å².